The smallest absolute Gasteiger partial charge is 0.256 e. The van der Waals surface area contributed by atoms with Crippen molar-refractivity contribution in [3.05, 3.63) is 160 Å². The van der Waals surface area contributed by atoms with Gasteiger partial charge in [0.25, 0.3) is 6.71 Å². The third-order valence-electron chi connectivity index (χ3n) is 15.7. The van der Waals surface area contributed by atoms with Gasteiger partial charge in [-0.05, 0) is 173 Å². The van der Waals surface area contributed by atoms with Crippen molar-refractivity contribution in [2.24, 2.45) is 0 Å². The van der Waals surface area contributed by atoms with Crippen molar-refractivity contribution in [2.75, 3.05) is 4.90 Å². The van der Waals surface area contributed by atoms with E-state index in [1.54, 1.807) is 0 Å². The van der Waals surface area contributed by atoms with Crippen LogP contribution in [-0.2, 0) is 39.9 Å². The minimum Gasteiger partial charge on any atom is -0.458 e. The van der Waals surface area contributed by atoms with E-state index in [1.807, 2.05) is 0 Å². The van der Waals surface area contributed by atoms with Gasteiger partial charge < -0.3 is 14.2 Å². The van der Waals surface area contributed by atoms with Crippen molar-refractivity contribution in [1.82, 2.24) is 4.57 Å². The summed E-state index contributed by atoms with van der Waals surface area (Å²) in [6.45, 7) is 34.8. The quantitative estimate of drug-likeness (QED) is 0.164. The molecule has 1 aromatic heterocycles. The first-order chi connectivity index (χ1) is 32.3. The van der Waals surface area contributed by atoms with Crippen LogP contribution < -0.4 is 26.0 Å². The Balaban J connectivity index is 1.27. The zero-order valence-corrected chi connectivity index (χ0v) is 44.0. The summed E-state index contributed by atoms with van der Waals surface area (Å²) in [5, 5.41) is 2.64. The SMILES string of the molecule is CC(C)(C)c1ccc(-c2cc3c4c(c2)N(c2ccc(C(C)(C)C)cc2)c2cc5c(cc2B4c2cc(C(C)(C)C)ccc2O3)c2cc3c(cc2n5-c2cc(C(C)(C)C)cc(C(C)(C)C)c2)CCC3)cc1. The highest BCUT2D eigenvalue weighted by molar-refractivity contribution is 6.99. The first-order valence-electron chi connectivity index (χ1n) is 25.6. The van der Waals surface area contributed by atoms with Gasteiger partial charge in [0.2, 0.25) is 0 Å². The van der Waals surface area contributed by atoms with E-state index in [9.17, 15) is 0 Å². The fraction of sp³-hybridized carbons (Fsp3) is 0.354. The van der Waals surface area contributed by atoms with Crippen molar-refractivity contribution >= 4 is 62.0 Å². The molecule has 69 heavy (non-hydrogen) atoms. The van der Waals surface area contributed by atoms with Gasteiger partial charge in [-0.1, -0.05) is 165 Å². The van der Waals surface area contributed by atoms with E-state index < -0.39 is 0 Å². The Morgan fingerprint density at radius 1 is 0.406 bits per heavy atom. The molecule has 2 aliphatic heterocycles. The zero-order valence-electron chi connectivity index (χ0n) is 44.0. The predicted octanol–water partition coefficient (Wildman–Crippen LogP) is 15.8. The summed E-state index contributed by atoms with van der Waals surface area (Å²) in [5.41, 5.74) is 23.1. The Morgan fingerprint density at radius 2 is 0.942 bits per heavy atom. The number of rotatable bonds is 3. The maximum atomic E-state index is 7.21. The molecular weight excluding hydrogens is 836 g/mol. The maximum absolute atomic E-state index is 7.21. The molecule has 0 bridgehead atoms. The van der Waals surface area contributed by atoms with Crippen LogP contribution >= 0.6 is 0 Å². The van der Waals surface area contributed by atoms with Crippen molar-refractivity contribution in [2.45, 2.75) is 150 Å². The van der Waals surface area contributed by atoms with Crippen molar-refractivity contribution in [1.29, 1.82) is 0 Å². The summed E-state index contributed by atoms with van der Waals surface area (Å²) in [7, 11) is 0. The second kappa shape index (κ2) is 15.3. The van der Waals surface area contributed by atoms with E-state index in [0.717, 1.165) is 35.6 Å². The van der Waals surface area contributed by atoms with Gasteiger partial charge in [-0.15, -0.1) is 0 Å². The second-order valence-corrected chi connectivity index (χ2v) is 25.9. The lowest BCUT2D eigenvalue weighted by Gasteiger charge is -2.41. The highest BCUT2D eigenvalue weighted by Gasteiger charge is 2.43. The lowest BCUT2D eigenvalue weighted by Crippen LogP contribution is -2.59. The fourth-order valence-electron chi connectivity index (χ4n) is 11.4. The number of aryl methyl sites for hydroxylation is 2. The summed E-state index contributed by atoms with van der Waals surface area (Å²) >= 11 is 0. The van der Waals surface area contributed by atoms with Crippen LogP contribution in [0.3, 0.4) is 0 Å². The lowest BCUT2D eigenvalue weighted by molar-refractivity contribution is 0.486. The van der Waals surface area contributed by atoms with Gasteiger partial charge in [0, 0.05) is 33.5 Å². The van der Waals surface area contributed by atoms with Gasteiger partial charge in [-0.3, -0.25) is 0 Å². The second-order valence-electron chi connectivity index (χ2n) is 25.9. The Bertz CT molecular complexity index is 3350. The van der Waals surface area contributed by atoms with Crippen LogP contribution in [0.1, 0.15) is 149 Å². The number of benzene rings is 7. The highest BCUT2D eigenvalue weighted by Crippen LogP contribution is 2.47. The molecule has 1 aliphatic carbocycles. The van der Waals surface area contributed by atoms with E-state index in [1.165, 1.54) is 106 Å². The molecule has 0 atom stereocenters. The molecule has 0 fully saturated rings. The molecule has 0 radical (unpaired) electrons. The molecule has 7 aromatic carbocycles. The van der Waals surface area contributed by atoms with Crippen LogP contribution in [0, 0.1) is 0 Å². The number of fused-ring (bicyclic) bond motifs is 8. The van der Waals surface area contributed by atoms with Gasteiger partial charge in [-0.25, -0.2) is 0 Å². The molecule has 3 aliphatic rings. The van der Waals surface area contributed by atoms with Crippen LogP contribution in [0.4, 0.5) is 17.1 Å². The van der Waals surface area contributed by atoms with E-state index in [4.69, 9.17) is 4.74 Å². The van der Waals surface area contributed by atoms with Gasteiger partial charge in [-0.2, -0.15) is 0 Å². The van der Waals surface area contributed by atoms with Crippen molar-refractivity contribution in [3.8, 4) is 28.3 Å². The Morgan fingerprint density at radius 3 is 1.54 bits per heavy atom. The maximum Gasteiger partial charge on any atom is 0.256 e. The molecule has 11 rings (SSSR count). The standard InChI is InChI=1S/C65H71BN2O/c1-61(2,3)43-21-19-39(20-22-43)42-31-57-60-59(32-42)69-58-28-25-45(63(7,8)9)36-53(58)66(60)52-37-51-50-29-40-17-16-18-41(40)30-54(50)68(49-34-46(64(10,11)12)33-47(35-49)65(13,14)15)55(51)38-56(52)67(57)48-26-23-44(24-27-48)62(4,5)6/h19-38H,16-18H2,1-15H3. The molecule has 8 aromatic rings. The molecule has 3 nitrogen and oxygen atoms in total. The predicted molar refractivity (Wildman–Crippen MR) is 298 cm³/mol. The number of nitrogens with zero attached hydrogens (tertiary/aromatic N) is 2. The van der Waals surface area contributed by atoms with Crippen LogP contribution in [0.15, 0.2) is 121 Å². The molecule has 4 heteroatoms. The summed E-state index contributed by atoms with van der Waals surface area (Å²) in [4.78, 5) is 2.57. The lowest BCUT2D eigenvalue weighted by atomic mass is 9.34. The van der Waals surface area contributed by atoms with Crippen LogP contribution in [0.2, 0.25) is 0 Å². The molecule has 3 heterocycles. The van der Waals surface area contributed by atoms with Gasteiger partial charge in [0.1, 0.15) is 11.5 Å². The number of hydrogen-bond donors (Lipinski definition) is 0. The summed E-state index contributed by atoms with van der Waals surface area (Å²) in [6, 6.07) is 48.0. The molecule has 350 valence electrons. The largest absolute Gasteiger partial charge is 0.458 e. The summed E-state index contributed by atoms with van der Waals surface area (Å²) < 4.78 is 9.84. The minimum absolute atomic E-state index is 0.0188. The van der Waals surface area contributed by atoms with Gasteiger partial charge in [0.05, 0.1) is 11.0 Å². The minimum atomic E-state index is -0.0487. The highest BCUT2D eigenvalue weighted by atomic mass is 16.5. The fourth-order valence-corrected chi connectivity index (χ4v) is 11.4. The number of ether oxygens (including phenoxy) is 1. The first-order valence-corrected chi connectivity index (χ1v) is 25.6. The first kappa shape index (κ1) is 45.4. The topological polar surface area (TPSA) is 17.4 Å². The van der Waals surface area contributed by atoms with E-state index in [0.29, 0.717) is 0 Å². The number of anilines is 3. The van der Waals surface area contributed by atoms with Crippen molar-refractivity contribution < 1.29 is 4.74 Å². The molecule has 0 N–H and O–H groups in total. The van der Waals surface area contributed by atoms with E-state index in [-0.39, 0.29) is 33.8 Å². The molecular formula is C65H71BN2O. The molecule has 0 amide bonds. The molecule has 0 saturated heterocycles. The van der Waals surface area contributed by atoms with Crippen LogP contribution in [0.5, 0.6) is 11.5 Å². The summed E-state index contributed by atoms with van der Waals surface area (Å²) in [5.74, 6) is 1.87. The van der Waals surface area contributed by atoms with Crippen LogP contribution in [0.25, 0.3) is 38.6 Å². The third kappa shape index (κ3) is 7.63. The monoisotopic (exact) mass is 907 g/mol. The Kier molecular flexibility index (Phi) is 10.0. The third-order valence-corrected chi connectivity index (χ3v) is 15.7. The average Bonchev–Trinajstić information content (AvgIpc) is 3.86. The van der Waals surface area contributed by atoms with E-state index in [2.05, 4.69) is 235 Å². The average molecular weight is 907 g/mol. The summed E-state index contributed by atoms with van der Waals surface area (Å²) in [6.07, 6.45) is 3.48. The Hall–Kier alpha value is -6.00. The Labute approximate surface area is 413 Å². The zero-order chi connectivity index (χ0) is 48.9. The molecule has 0 saturated carbocycles. The normalized spacial score (nSPS) is 14.8. The van der Waals surface area contributed by atoms with Crippen molar-refractivity contribution in [3.63, 3.8) is 0 Å². The van der Waals surface area contributed by atoms with Gasteiger partial charge >= 0.3 is 0 Å². The number of hydrogen-bond acceptors (Lipinski definition) is 2. The van der Waals surface area contributed by atoms with Crippen LogP contribution in [-0.4, -0.2) is 11.3 Å². The van der Waals surface area contributed by atoms with E-state index >= 15 is 0 Å². The molecule has 0 unspecified atom stereocenters. The van der Waals surface area contributed by atoms with Gasteiger partial charge in [0.15, 0.2) is 0 Å². The molecule has 0 spiro atoms. The number of aromatic nitrogens is 1.